The minimum Gasteiger partial charge on any atom is -0.351 e. The molecule has 1 aliphatic rings. The van der Waals surface area contributed by atoms with Gasteiger partial charge in [0.25, 0.3) is 0 Å². The first kappa shape index (κ1) is 9.77. The van der Waals surface area contributed by atoms with Gasteiger partial charge in [-0.3, -0.25) is 9.59 Å². The fraction of sp³-hybridized carbons (Fsp3) is 0.556. The molecule has 0 aliphatic heterocycles. The molecular weight excluding hydrogens is 168 g/mol. The zero-order chi connectivity index (χ0) is 9.68. The molecule has 2 N–H and O–H groups in total. The Morgan fingerprint density at radius 3 is 2.62 bits per heavy atom. The van der Waals surface area contributed by atoms with E-state index in [1.807, 2.05) is 0 Å². The van der Waals surface area contributed by atoms with Crippen LogP contribution >= 0.6 is 0 Å². The number of carbonyl (C=O) groups is 2. The maximum absolute atomic E-state index is 11.1. The number of amides is 2. The Morgan fingerprint density at radius 1 is 1.38 bits per heavy atom. The van der Waals surface area contributed by atoms with Crippen molar-refractivity contribution in [2.45, 2.75) is 12.8 Å². The van der Waals surface area contributed by atoms with Crippen molar-refractivity contribution in [1.29, 1.82) is 0 Å². The molecule has 4 heteroatoms. The highest BCUT2D eigenvalue weighted by Crippen LogP contribution is 2.28. The van der Waals surface area contributed by atoms with Crippen molar-refractivity contribution in [2.75, 3.05) is 13.1 Å². The van der Waals surface area contributed by atoms with Gasteiger partial charge in [-0.1, -0.05) is 6.08 Å². The van der Waals surface area contributed by atoms with Crippen LogP contribution in [-0.4, -0.2) is 24.9 Å². The molecule has 72 valence electrons. The lowest BCUT2D eigenvalue weighted by Crippen LogP contribution is -2.37. The Morgan fingerprint density at radius 2 is 2.08 bits per heavy atom. The molecule has 4 nitrogen and oxygen atoms in total. The first-order chi connectivity index (χ1) is 6.24. The molecule has 1 aliphatic carbocycles. The van der Waals surface area contributed by atoms with Crippen LogP contribution in [-0.2, 0) is 9.59 Å². The third kappa shape index (κ3) is 3.73. The van der Waals surface area contributed by atoms with E-state index in [0.29, 0.717) is 6.54 Å². The molecule has 0 bridgehead atoms. The Bertz CT molecular complexity index is 222. The summed E-state index contributed by atoms with van der Waals surface area (Å²) in [4.78, 5) is 22.0. The molecule has 1 rings (SSSR count). The maximum Gasteiger partial charge on any atom is 0.239 e. The van der Waals surface area contributed by atoms with E-state index in [0.717, 1.165) is 12.8 Å². The van der Waals surface area contributed by atoms with E-state index >= 15 is 0 Å². The van der Waals surface area contributed by atoms with Crippen LogP contribution in [0, 0.1) is 5.92 Å². The largest absolute Gasteiger partial charge is 0.351 e. The predicted octanol–water partition coefficient (Wildman–Crippen LogP) is -0.185. The molecule has 0 aromatic carbocycles. The minimum atomic E-state index is -0.172. The predicted molar refractivity (Wildman–Crippen MR) is 48.9 cm³/mol. The summed E-state index contributed by atoms with van der Waals surface area (Å²) >= 11 is 0. The number of hydrogen-bond donors (Lipinski definition) is 2. The molecule has 0 unspecified atom stereocenters. The second kappa shape index (κ2) is 4.64. The van der Waals surface area contributed by atoms with E-state index in [9.17, 15) is 9.59 Å². The lowest BCUT2D eigenvalue weighted by atomic mass is 10.4. The molecule has 1 saturated carbocycles. The third-order valence-electron chi connectivity index (χ3n) is 1.81. The van der Waals surface area contributed by atoms with Crippen LogP contribution in [0.5, 0.6) is 0 Å². The maximum atomic E-state index is 11.1. The van der Waals surface area contributed by atoms with Crippen molar-refractivity contribution in [2.24, 2.45) is 5.92 Å². The Labute approximate surface area is 77.4 Å². The Balaban J connectivity index is 2.06. The van der Waals surface area contributed by atoms with Crippen molar-refractivity contribution in [3.63, 3.8) is 0 Å². The summed E-state index contributed by atoms with van der Waals surface area (Å²) in [5.41, 5.74) is 0. The van der Waals surface area contributed by atoms with Gasteiger partial charge in [0.1, 0.15) is 0 Å². The van der Waals surface area contributed by atoms with Gasteiger partial charge in [0.2, 0.25) is 11.8 Å². The van der Waals surface area contributed by atoms with Crippen molar-refractivity contribution in [1.82, 2.24) is 10.6 Å². The van der Waals surface area contributed by atoms with Gasteiger partial charge in [-0.05, 0) is 12.8 Å². The number of hydrogen-bond acceptors (Lipinski definition) is 2. The highest BCUT2D eigenvalue weighted by molar-refractivity contribution is 5.86. The van der Waals surface area contributed by atoms with Crippen LogP contribution < -0.4 is 10.6 Å². The SMILES string of the molecule is C=CCNC(=O)CNC(=O)C1CC1. The first-order valence-electron chi connectivity index (χ1n) is 4.39. The van der Waals surface area contributed by atoms with E-state index in [1.165, 1.54) is 0 Å². The lowest BCUT2D eigenvalue weighted by Gasteiger charge is -2.03. The Hall–Kier alpha value is -1.32. The van der Waals surface area contributed by atoms with E-state index in [1.54, 1.807) is 6.08 Å². The average Bonchev–Trinajstić information content (AvgIpc) is 2.93. The fourth-order valence-corrected chi connectivity index (χ4v) is 0.906. The average molecular weight is 182 g/mol. The van der Waals surface area contributed by atoms with Gasteiger partial charge in [-0.2, -0.15) is 0 Å². The standard InChI is InChI=1S/C9H14N2O2/c1-2-5-10-8(12)6-11-9(13)7-3-4-7/h2,7H,1,3-6H2,(H,10,12)(H,11,13). The van der Waals surface area contributed by atoms with E-state index in [2.05, 4.69) is 17.2 Å². The smallest absolute Gasteiger partial charge is 0.239 e. The Kier molecular flexibility index (Phi) is 3.49. The van der Waals surface area contributed by atoms with Gasteiger partial charge in [-0.25, -0.2) is 0 Å². The van der Waals surface area contributed by atoms with Crippen LogP contribution in [0.25, 0.3) is 0 Å². The topological polar surface area (TPSA) is 58.2 Å². The summed E-state index contributed by atoms with van der Waals surface area (Å²) in [5.74, 6) is -0.0187. The molecule has 2 amide bonds. The normalized spacial score (nSPS) is 14.8. The minimum absolute atomic E-state index is 0.00578. The molecule has 13 heavy (non-hydrogen) atoms. The van der Waals surface area contributed by atoms with Crippen molar-refractivity contribution in [3.8, 4) is 0 Å². The molecule has 0 heterocycles. The second-order valence-corrected chi connectivity index (χ2v) is 3.08. The third-order valence-corrected chi connectivity index (χ3v) is 1.81. The van der Waals surface area contributed by atoms with Crippen LogP contribution in [0.3, 0.4) is 0 Å². The van der Waals surface area contributed by atoms with Gasteiger partial charge in [0, 0.05) is 12.5 Å². The van der Waals surface area contributed by atoms with Gasteiger partial charge in [0.15, 0.2) is 0 Å². The van der Waals surface area contributed by atoms with Crippen LogP contribution in [0.1, 0.15) is 12.8 Å². The molecule has 0 saturated heterocycles. The second-order valence-electron chi connectivity index (χ2n) is 3.08. The van der Waals surface area contributed by atoms with Gasteiger partial charge < -0.3 is 10.6 Å². The van der Waals surface area contributed by atoms with E-state index in [-0.39, 0.29) is 24.3 Å². The van der Waals surface area contributed by atoms with E-state index in [4.69, 9.17) is 0 Å². The summed E-state index contributed by atoms with van der Waals surface area (Å²) in [6, 6.07) is 0. The molecular formula is C9H14N2O2. The zero-order valence-electron chi connectivity index (χ0n) is 7.51. The van der Waals surface area contributed by atoms with Crippen LogP contribution in [0.2, 0.25) is 0 Å². The molecule has 0 radical (unpaired) electrons. The summed E-state index contributed by atoms with van der Waals surface area (Å²) in [6.45, 7) is 3.98. The molecule has 1 fully saturated rings. The molecule has 0 atom stereocenters. The van der Waals surface area contributed by atoms with Gasteiger partial charge in [0.05, 0.1) is 6.54 Å². The quantitative estimate of drug-likeness (QED) is 0.579. The fourth-order valence-electron chi connectivity index (χ4n) is 0.906. The van der Waals surface area contributed by atoms with Crippen LogP contribution in [0.4, 0.5) is 0 Å². The number of carbonyl (C=O) groups excluding carboxylic acids is 2. The van der Waals surface area contributed by atoms with Crippen molar-refractivity contribution in [3.05, 3.63) is 12.7 Å². The highest BCUT2D eigenvalue weighted by Gasteiger charge is 2.29. The van der Waals surface area contributed by atoms with E-state index < -0.39 is 0 Å². The highest BCUT2D eigenvalue weighted by atomic mass is 16.2. The summed E-state index contributed by atoms with van der Waals surface area (Å²) in [6.07, 6.45) is 3.51. The van der Waals surface area contributed by atoms with Gasteiger partial charge in [-0.15, -0.1) is 6.58 Å². The van der Waals surface area contributed by atoms with Gasteiger partial charge >= 0.3 is 0 Å². The van der Waals surface area contributed by atoms with Crippen molar-refractivity contribution < 1.29 is 9.59 Å². The molecule has 0 aromatic rings. The molecule has 0 spiro atoms. The monoisotopic (exact) mass is 182 g/mol. The lowest BCUT2D eigenvalue weighted by molar-refractivity contribution is -0.126. The summed E-state index contributed by atoms with van der Waals surface area (Å²) in [5, 5.41) is 5.14. The summed E-state index contributed by atoms with van der Waals surface area (Å²) in [7, 11) is 0. The first-order valence-corrected chi connectivity index (χ1v) is 4.39. The zero-order valence-corrected chi connectivity index (χ0v) is 7.51. The molecule has 0 aromatic heterocycles. The number of rotatable bonds is 5. The van der Waals surface area contributed by atoms with Crippen molar-refractivity contribution >= 4 is 11.8 Å². The van der Waals surface area contributed by atoms with Crippen LogP contribution in [0.15, 0.2) is 12.7 Å². The summed E-state index contributed by atoms with van der Waals surface area (Å²) < 4.78 is 0. The number of nitrogens with one attached hydrogen (secondary N) is 2.